The van der Waals surface area contributed by atoms with Crippen LogP contribution in [0.2, 0.25) is 0 Å². The second-order valence-electron chi connectivity index (χ2n) is 3.93. The number of carbonyl (C=O) groups is 1. The van der Waals surface area contributed by atoms with Gasteiger partial charge in [-0.25, -0.2) is 9.18 Å². The second kappa shape index (κ2) is 5.85. The molecule has 1 rings (SSSR count). The second-order valence-corrected chi connectivity index (χ2v) is 3.93. The van der Waals surface area contributed by atoms with Gasteiger partial charge in [0.1, 0.15) is 11.9 Å². The lowest BCUT2D eigenvalue weighted by molar-refractivity contribution is 0.248. The lowest BCUT2D eigenvalue weighted by Crippen LogP contribution is -2.40. The van der Waals surface area contributed by atoms with Gasteiger partial charge in [-0.1, -0.05) is 26.0 Å². The Morgan fingerprint density at radius 1 is 1.41 bits per heavy atom. The van der Waals surface area contributed by atoms with Crippen molar-refractivity contribution in [1.29, 1.82) is 5.26 Å². The molecule has 0 aliphatic rings. The van der Waals surface area contributed by atoms with Crippen molar-refractivity contribution >= 4 is 11.7 Å². The van der Waals surface area contributed by atoms with Gasteiger partial charge >= 0.3 is 6.03 Å². The molecule has 0 aliphatic heterocycles. The van der Waals surface area contributed by atoms with Gasteiger partial charge in [-0.05, 0) is 18.1 Å². The monoisotopic (exact) mass is 235 g/mol. The number of nitrogens with one attached hydrogen (secondary N) is 2. The van der Waals surface area contributed by atoms with Crippen molar-refractivity contribution in [3.63, 3.8) is 0 Å². The van der Waals surface area contributed by atoms with E-state index in [4.69, 9.17) is 5.26 Å². The van der Waals surface area contributed by atoms with Crippen molar-refractivity contribution in [3.8, 4) is 6.07 Å². The van der Waals surface area contributed by atoms with E-state index in [1.54, 1.807) is 6.07 Å². The summed E-state index contributed by atoms with van der Waals surface area (Å²) in [6.07, 6.45) is 0. The summed E-state index contributed by atoms with van der Waals surface area (Å²) in [6.45, 7) is 3.63. The molecule has 1 aromatic carbocycles. The smallest absolute Gasteiger partial charge is 0.320 e. The Labute approximate surface area is 99.4 Å². The van der Waals surface area contributed by atoms with Crippen LogP contribution < -0.4 is 10.6 Å². The van der Waals surface area contributed by atoms with Crippen LogP contribution in [-0.4, -0.2) is 12.1 Å². The van der Waals surface area contributed by atoms with Gasteiger partial charge in [0, 0.05) is 0 Å². The molecule has 2 amide bonds. The molecule has 0 radical (unpaired) electrons. The maximum Gasteiger partial charge on any atom is 0.320 e. The number of hydrogen-bond acceptors (Lipinski definition) is 2. The normalized spacial score (nSPS) is 11.7. The highest BCUT2D eigenvalue weighted by Crippen LogP contribution is 2.12. The van der Waals surface area contributed by atoms with Crippen LogP contribution in [0.15, 0.2) is 24.3 Å². The van der Waals surface area contributed by atoms with E-state index >= 15 is 0 Å². The molecule has 0 heterocycles. The first-order valence-electron chi connectivity index (χ1n) is 5.26. The van der Waals surface area contributed by atoms with E-state index in [0.717, 1.165) is 0 Å². The molecule has 1 atom stereocenters. The van der Waals surface area contributed by atoms with Crippen molar-refractivity contribution in [1.82, 2.24) is 5.32 Å². The Morgan fingerprint density at radius 2 is 2.06 bits per heavy atom. The first kappa shape index (κ1) is 13.0. The highest BCUT2D eigenvalue weighted by atomic mass is 19.1. The first-order valence-corrected chi connectivity index (χ1v) is 5.26. The van der Waals surface area contributed by atoms with E-state index in [0.29, 0.717) is 0 Å². The van der Waals surface area contributed by atoms with Gasteiger partial charge in [-0.3, -0.25) is 0 Å². The van der Waals surface area contributed by atoms with Crippen molar-refractivity contribution < 1.29 is 9.18 Å². The summed E-state index contributed by atoms with van der Waals surface area (Å²) < 4.78 is 13.2. The molecule has 5 heteroatoms. The number of halogens is 1. The summed E-state index contributed by atoms with van der Waals surface area (Å²) in [5.74, 6) is -0.521. The quantitative estimate of drug-likeness (QED) is 0.845. The molecule has 90 valence electrons. The van der Waals surface area contributed by atoms with Gasteiger partial charge in [0.15, 0.2) is 0 Å². The molecule has 0 saturated heterocycles. The Bertz CT molecular complexity index is 440. The van der Waals surface area contributed by atoms with Crippen molar-refractivity contribution in [3.05, 3.63) is 30.1 Å². The molecule has 4 nitrogen and oxygen atoms in total. The van der Waals surface area contributed by atoms with Crippen LogP contribution in [0.1, 0.15) is 13.8 Å². The SMILES string of the molecule is CC(C)C(C#N)NC(=O)Nc1ccccc1F. The summed E-state index contributed by atoms with van der Waals surface area (Å²) in [7, 11) is 0. The fourth-order valence-corrected chi connectivity index (χ4v) is 1.21. The van der Waals surface area contributed by atoms with E-state index in [9.17, 15) is 9.18 Å². The minimum Gasteiger partial charge on any atom is -0.322 e. The zero-order valence-corrected chi connectivity index (χ0v) is 9.70. The van der Waals surface area contributed by atoms with Gasteiger partial charge < -0.3 is 10.6 Å². The number of para-hydroxylation sites is 1. The number of rotatable bonds is 3. The van der Waals surface area contributed by atoms with Crippen molar-refractivity contribution in [2.24, 2.45) is 5.92 Å². The van der Waals surface area contributed by atoms with Gasteiger partial charge in [0.25, 0.3) is 0 Å². The first-order chi connectivity index (χ1) is 8.04. The van der Waals surface area contributed by atoms with Crippen LogP contribution in [0.3, 0.4) is 0 Å². The fourth-order valence-electron chi connectivity index (χ4n) is 1.21. The molecular weight excluding hydrogens is 221 g/mol. The van der Waals surface area contributed by atoms with Crippen LogP contribution in [0.25, 0.3) is 0 Å². The lowest BCUT2D eigenvalue weighted by atomic mass is 10.1. The Kier molecular flexibility index (Phi) is 4.46. The average Bonchev–Trinajstić information content (AvgIpc) is 2.28. The van der Waals surface area contributed by atoms with Crippen LogP contribution in [-0.2, 0) is 0 Å². The van der Waals surface area contributed by atoms with Gasteiger partial charge in [0.2, 0.25) is 0 Å². The third kappa shape index (κ3) is 3.76. The molecule has 17 heavy (non-hydrogen) atoms. The molecule has 1 unspecified atom stereocenters. The number of carbonyl (C=O) groups excluding carboxylic acids is 1. The zero-order chi connectivity index (χ0) is 12.8. The molecule has 0 fully saturated rings. The highest BCUT2D eigenvalue weighted by molar-refractivity contribution is 5.89. The molecule has 1 aromatic rings. The van der Waals surface area contributed by atoms with E-state index in [1.165, 1.54) is 18.2 Å². The number of nitriles is 1. The largest absolute Gasteiger partial charge is 0.322 e. The minimum absolute atomic E-state index is 0.00799. The number of amides is 2. The molecule has 0 bridgehead atoms. The molecule has 0 saturated carbocycles. The van der Waals surface area contributed by atoms with Crippen LogP contribution in [0.4, 0.5) is 14.9 Å². The minimum atomic E-state index is -0.596. The predicted molar refractivity (Wildman–Crippen MR) is 62.8 cm³/mol. The summed E-state index contributed by atoms with van der Waals surface area (Å²) >= 11 is 0. The van der Waals surface area contributed by atoms with E-state index < -0.39 is 17.9 Å². The maximum atomic E-state index is 13.2. The number of nitrogens with zero attached hydrogens (tertiary/aromatic N) is 1. The zero-order valence-electron chi connectivity index (χ0n) is 9.70. The van der Waals surface area contributed by atoms with Crippen LogP contribution >= 0.6 is 0 Å². The topological polar surface area (TPSA) is 64.9 Å². The molecule has 2 N–H and O–H groups in total. The number of benzene rings is 1. The lowest BCUT2D eigenvalue weighted by Gasteiger charge is -2.15. The fraction of sp³-hybridized carbons (Fsp3) is 0.333. The Hall–Kier alpha value is -2.09. The molecule has 0 aliphatic carbocycles. The third-order valence-electron chi connectivity index (χ3n) is 2.21. The van der Waals surface area contributed by atoms with Gasteiger partial charge in [-0.2, -0.15) is 5.26 Å². The standard InChI is InChI=1S/C12H14FN3O/c1-8(2)11(7-14)16-12(17)15-10-6-4-3-5-9(10)13/h3-6,8,11H,1-2H3,(H2,15,16,17). The third-order valence-corrected chi connectivity index (χ3v) is 2.21. The van der Waals surface area contributed by atoms with Crippen LogP contribution in [0, 0.1) is 23.1 Å². The molecule has 0 spiro atoms. The maximum absolute atomic E-state index is 13.2. The highest BCUT2D eigenvalue weighted by Gasteiger charge is 2.15. The van der Waals surface area contributed by atoms with Crippen molar-refractivity contribution in [2.75, 3.05) is 5.32 Å². The van der Waals surface area contributed by atoms with Crippen LogP contribution in [0.5, 0.6) is 0 Å². The molecule has 0 aromatic heterocycles. The number of hydrogen-bond donors (Lipinski definition) is 2. The van der Waals surface area contributed by atoms with Gasteiger partial charge in [0.05, 0.1) is 11.8 Å². The van der Waals surface area contributed by atoms with E-state index in [1.807, 2.05) is 19.9 Å². The number of anilines is 1. The van der Waals surface area contributed by atoms with E-state index in [2.05, 4.69) is 10.6 Å². The van der Waals surface area contributed by atoms with E-state index in [-0.39, 0.29) is 11.6 Å². The predicted octanol–water partition coefficient (Wildman–Crippen LogP) is 2.50. The Balaban J connectivity index is 2.62. The summed E-state index contributed by atoms with van der Waals surface area (Å²) in [5, 5.41) is 13.6. The van der Waals surface area contributed by atoms with Gasteiger partial charge in [-0.15, -0.1) is 0 Å². The summed E-state index contributed by atoms with van der Waals surface area (Å²) in [6, 6.07) is 6.63. The van der Waals surface area contributed by atoms with Crippen molar-refractivity contribution in [2.45, 2.75) is 19.9 Å². The average molecular weight is 235 g/mol. The summed E-state index contributed by atoms with van der Waals surface area (Å²) in [4.78, 5) is 11.5. The molecular formula is C12H14FN3O. The summed E-state index contributed by atoms with van der Waals surface area (Å²) in [5.41, 5.74) is 0.0884. The Morgan fingerprint density at radius 3 is 2.59 bits per heavy atom. The number of urea groups is 1.